The van der Waals surface area contributed by atoms with Crippen LogP contribution in [0.5, 0.6) is 0 Å². The summed E-state index contributed by atoms with van der Waals surface area (Å²) in [5.41, 5.74) is 1.43. The molecule has 2 aromatic heterocycles. The topological polar surface area (TPSA) is 70.4 Å². The Bertz CT molecular complexity index is 806. The van der Waals surface area contributed by atoms with E-state index in [1.54, 1.807) is 33.9 Å². The van der Waals surface area contributed by atoms with Crippen LogP contribution in [0.15, 0.2) is 29.0 Å². The second kappa shape index (κ2) is 7.39. The van der Waals surface area contributed by atoms with E-state index in [1.807, 2.05) is 19.1 Å². The number of halogens is 1. The van der Waals surface area contributed by atoms with Crippen molar-refractivity contribution in [3.05, 3.63) is 40.3 Å². The molecule has 6 nitrogen and oxygen atoms in total. The number of carbonyl (C=O) groups excluding carboxylic acids is 2. The van der Waals surface area contributed by atoms with Crippen LogP contribution in [0.4, 0.5) is 4.79 Å². The fourth-order valence-electron chi connectivity index (χ4n) is 2.25. The van der Waals surface area contributed by atoms with Crippen LogP contribution in [-0.2, 0) is 9.47 Å². The van der Waals surface area contributed by atoms with Crippen LogP contribution < -0.4 is 0 Å². The summed E-state index contributed by atoms with van der Waals surface area (Å²) in [6.07, 6.45) is 2.49. The molecular formula is C18H21BrN2O4. The fraction of sp³-hybridized carbons (Fsp3) is 0.389. The molecule has 0 aliphatic rings. The summed E-state index contributed by atoms with van der Waals surface area (Å²) >= 11 is 3.42. The maximum absolute atomic E-state index is 12.5. The second-order valence-corrected chi connectivity index (χ2v) is 7.34. The van der Waals surface area contributed by atoms with Gasteiger partial charge in [0.1, 0.15) is 11.3 Å². The van der Waals surface area contributed by atoms with Gasteiger partial charge in [0, 0.05) is 22.4 Å². The van der Waals surface area contributed by atoms with Crippen molar-refractivity contribution in [1.29, 1.82) is 0 Å². The zero-order valence-electron chi connectivity index (χ0n) is 14.9. The summed E-state index contributed by atoms with van der Waals surface area (Å²) in [6.45, 7) is 9.10. The number of hydrogen-bond donors (Lipinski definition) is 0. The minimum Gasteiger partial charge on any atom is -0.461 e. The van der Waals surface area contributed by atoms with Gasteiger partial charge in [0.05, 0.1) is 12.3 Å². The van der Waals surface area contributed by atoms with E-state index < -0.39 is 17.7 Å². The molecule has 7 heteroatoms. The molecule has 0 N–H and O–H groups in total. The standard InChI is InChI=1S/C18H21BrN2O4/c1-6-24-16(22)15-14(13-9-11(2)7-8-20-13)12(19)10-21(15)17(23)25-18(3,4)5/h7-10H,6H2,1-5H3. The Morgan fingerprint density at radius 1 is 1.32 bits per heavy atom. The number of esters is 1. The Labute approximate surface area is 155 Å². The predicted octanol–water partition coefficient (Wildman–Crippen LogP) is 4.58. The first-order chi connectivity index (χ1) is 11.6. The van der Waals surface area contributed by atoms with Crippen molar-refractivity contribution in [2.24, 2.45) is 0 Å². The molecule has 0 saturated heterocycles. The highest BCUT2D eigenvalue weighted by Gasteiger charge is 2.29. The van der Waals surface area contributed by atoms with Gasteiger partial charge in [-0.2, -0.15) is 0 Å². The average Bonchev–Trinajstić information content (AvgIpc) is 2.83. The van der Waals surface area contributed by atoms with Crippen molar-refractivity contribution < 1.29 is 19.1 Å². The predicted molar refractivity (Wildman–Crippen MR) is 97.7 cm³/mol. The number of nitrogens with zero attached hydrogens (tertiary/aromatic N) is 2. The van der Waals surface area contributed by atoms with E-state index in [-0.39, 0.29) is 12.3 Å². The van der Waals surface area contributed by atoms with E-state index in [4.69, 9.17) is 9.47 Å². The average molecular weight is 409 g/mol. The first-order valence-corrected chi connectivity index (χ1v) is 8.67. The Morgan fingerprint density at radius 3 is 2.56 bits per heavy atom. The summed E-state index contributed by atoms with van der Waals surface area (Å²) in [5.74, 6) is -0.614. The lowest BCUT2D eigenvalue weighted by Gasteiger charge is -2.20. The van der Waals surface area contributed by atoms with Crippen LogP contribution in [0.3, 0.4) is 0 Å². The maximum atomic E-state index is 12.5. The van der Waals surface area contributed by atoms with Gasteiger partial charge in [0.15, 0.2) is 0 Å². The smallest absolute Gasteiger partial charge is 0.419 e. The Morgan fingerprint density at radius 2 is 2.00 bits per heavy atom. The van der Waals surface area contributed by atoms with Gasteiger partial charge >= 0.3 is 12.1 Å². The third kappa shape index (κ3) is 4.48. The Hall–Kier alpha value is -2.15. The lowest BCUT2D eigenvalue weighted by atomic mass is 10.1. The zero-order valence-corrected chi connectivity index (χ0v) is 16.5. The van der Waals surface area contributed by atoms with Gasteiger partial charge in [-0.15, -0.1) is 0 Å². The molecule has 0 fully saturated rings. The van der Waals surface area contributed by atoms with Crippen molar-refractivity contribution in [3.8, 4) is 11.3 Å². The fourth-order valence-corrected chi connectivity index (χ4v) is 2.84. The van der Waals surface area contributed by atoms with Crippen molar-refractivity contribution in [2.75, 3.05) is 6.61 Å². The van der Waals surface area contributed by atoms with Crippen molar-refractivity contribution in [1.82, 2.24) is 9.55 Å². The normalized spacial score (nSPS) is 11.3. The van der Waals surface area contributed by atoms with Crippen molar-refractivity contribution in [3.63, 3.8) is 0 Å². The van der Waals surface area contributed by atoms with E-state index in [1.165, 1.54) is 6.20 Å². The lowest BCUT2D eigenvalue weighted by Crippen LogP contribution is -2.29. The maximum Gasteiger partial charge on any atom is 0.419 e. The number of aryl methyl sites for hydroxylation is 1. The first kappa shape index (κ1) is 19.2. The molecule has 0 radical (unpaired) electrons. The van der Waals surface area contributed by atoms with Gasteiger partial charge < -0.3 is 9.47 Å². The molecule has 0 spiro atoms. The van der Waals surface area contributed by atoms with Crippen LogP contribution in [0.25, 0.3) is 11.3 Å². The molecule has 0 bridgehead atoms. The summed E-state index contributed by atoms with van der Waals surface area (Å²) in [7, 11) is 0. The molecule has 0 saturated carbocycles. The number of hydrogen-bond acceptors (Lipinski definition) is 5. The third-order valence-electron chi connectivity index (χ3n) is 3.19. The van der Waals surface area contributed by atoms with Gasteiger partial charge in [-0.3, -0.25) is 4.98 Å². The Kier molecular flexibility index (Phi) is 5.67. The molecule has 0 aliphatic carbocycles. The highest BCUT2D eigenvalue weighted by Crippen LogP contribution is 2.33. The van der Waals surface area contributed by atoms with E-state index in [2.05, 4.69) is 20.9 Å². The largest absolute Gasteiger partial charge is 0.461 e. The number of pyridine rings is 1. The quantitative estimate of drug-likeness (QED) is 0.694. The second-order valence-electron chi connectivity index (χ2n) is 6.49. The summed E-state index contributed by atoms with van der Waals surface area (Å²) in [5, 5.41) is 0. The molecule has 134 valence electrons. The van der Waals surface area contributed by atoms with Crippen LogP contribution in [-0.4, -0.2) is 33.8 Å². The van der Waals surface area contributed by atoms with Gasteiger partial charge in [0.2, 0.25) is 0 Å². The SMILES string of the molecule is CCOC(=O)c1c(-c2cc(C)ccn2)c(Br)cn1C(=O)OC(C)(C)C. The summed E-state index contributed by atoms with van der Waals surface area (Å²) in [4.78, 5) is 29.4. The number of carbonyl (C=O) groups is 2. The van der Waals surface area contributed by atoms with Crippen LogP contribution in [0, 0.1) is 6.92 Å². The molecule has 0 unspecified atom stereocenters. The van der Waals surface area contributed by atoms with Gasteiger partial charge in [-0.05, 0) is 68.2 Å². The third-order valence-corrected chi connectivity index (χ3v) is 3.79. The van der Waals surface area contributed by atoms with Crippen LogP contribution in [0.1, 0.15) is 43.7 Å². The van der Waals surface area contributed by atoms with E-state index in [9.17, 15) is 9.59 Å². The molecule has 25 heavy (non-hydrogen) atoms. The molecule has 0 aromatic carbocycles. The van der Waals surface area contributed by atoms with Gasteiger partial charge in [-0.1, -0.05) is 0 Å². The van der Waals surface area contributed by atoms with Crippen LogP contribution in [0.2, 0.25) is 0 Å². The van der Waals surface area contributed by atoms with Crippen LogP contribution >= 0.6 is 15.9 Å². The van der Waals surface area contributed by atoms with Gasteiger partial charge in [-0.25, -0.2) is 14.2 Å². The molecule has 2 heterocycles. The number of ether oxygens (including phenoxy) is 2. The van der Waals surface area contributed by atoms with E-state index in [0.29, 0.717) is 15.7 Å². The van der Waals surface area contributed by atoms with Crippen molar-refractivity contribution >= 4 is 28.0 Å². The molecule has 2 aromatic rings. The summed E-state index contributed by atoms with van der Waals surface area (Å²) < 4.78 is 12.2. The monoisotopic (exact) mass is 408 g/mol. The molecule has 0 amide bonds. The van der Waals surface area contributed by atoms with E-state index in [0.717, 1.165) is 10.1 Å². The molecule has 0 atom stereocenters. The highest BCUT2D eigenvalue weighted by atomic mass is 79.9. The zero-order chi connectivity index (χ0) is 18.8. The molecule has 0 aliphatic heterocycles. The highest BCUT2D eigenvalue weighted by molar-refractivity contribution is 9.10. The summed E-state index contributed by atoms with van der Waals surface area (Å²) in [6, 6.07) is 3.69. The minimum atomic E-state index is -0.693. The first-order valence-electron chi connectivity index (χ1n) is 7.88. The molecular weight excluding hydrogens is 388 g/mol. The number of aromatic nitrogens is 2. The molecule has 2 rings (SSSR count). The van der Waals surface area contributed by atoms with E-state index >= 15 is 0 Å². The number of rotatable bonds is 3. The van der Waals surface area contributed by atoms with Crippen molar-refractivity contribution in [2.45, 2.75) is 40.2 Å². The Balaban J connectivity index is 2.64. The minimum absolute atomic E-state index is 0.0843. The van der Waals surface area contributed by atoms with Gasteiger partial charge in [0.25, 0.3) is 0 Å². The lowest BCUT2D eigenvalue weighted by molar-refractivity contribution is 0.0450.